The summed E-state index contributed by atoms with van der Waals surface area (Å²) in [6, 6.07) is 7.80. The Bertz CT molecular complexity index is 1140. The van der Waals surface area contributed by atoms with Crippen LogP contribution in [0.1, 0.15) is 5.56 Å². The van der Waals surface area contributed by atoms with Crippen molar-refractivity contribution in [2.45, 2.75) is 6.54 Å². The van der Waals surface area contributed by atoms with E-state index in [1.165, 1.54) is 16.2 Å². The van der Waals surface area contributed by atoms with E-state index in [2.05, 4.69) is 15.5 Å². The molecule has 0 aliphatic heterocycles. The van der Waals surface area contributed by atoms with Gasteiger partial charge in [0, 0.05) is 40.4 Å². The van der Waals surface area contributed by atoms with Crippen LogP contribution in [0.25, 0.3) is 11.2 Å². The largest absolute Gasteiger partial charge is 0.395 e. The number of nitrogens with one attached hydrogen (secondary N) is 1. The van der Waals surface area contributed by atoms with Crippen LogP contribution in [0.4, 0.5) is 11.6 Å². The number of imidazole rings is 1. The van der Waals surface area contributed by atoms with Crippen molar-refractivity contribution < 1.29 is 5.11 Å². The Kier molecular flexibility index (Phi) is 5.32. The van der Waals surface area contributed by atoms with Crippen LogP contribution in [0.3, 0.4) is 0 Å². The van der Waals surface area contributed by atoms with E-state index in [4.69, 9.17) is 0 Å². The molecule has 2 heterocycles. The fourth-order valence-electron chi connectivity index (χ4n) is 2.87. The molecule has 0 fully saturated rings. The van der Waals surface area contributed by atoms with Gasteiger partial charge in [0.15, 0.2) is 11.2 Å². The van der Waals surface area contributed by atoms with Gasteiger partial charge in [0.05, 0.1) is 12.8 Å². The van der Waals surface area contributed by atoms with Crippen molar-refractivity contribution in [3.63, 3.8) is 0 Å². The third-order valence-corrected chi connectivity index (χ3v) is 4.46. The van der Waals surface area contributed by atoms with Crippen molar-refractivity contribution in [3.8, 4) is 0 Å². The normalized spacial score (nSPS) is 11.5. The van der Waals surface area contributed by atoms with E-state index in [1.807, 2.05) is 43.3 Å². The molecule has 0 aliphatic carbocycles. The van der Waals surface area contributed by atoms with Crippen molar-refractivity contribution in [1.82, 2.24) is 18.7 Å². The smallest absolute Gasteiger partial charge is 0.332 e. The fourth-order valence-corrected chi connectivity index (χ4v) is 2.87. The molecule has 1 aromatic carbocycles. The van der Waals surface area contributed by atoms with Gasteiger partial charge in [0.2, 0.25) is 5.95 Å². The molecule has 0 amide bonds. The van der Waals surface area contributed by atoms with E-state index < -0.39 is 11.2 Å². The minimum Gasteiger partial charge on any atom is -0.395 e. The van der Waals surface area contributed by atoms with Gasteiger partial charge in [0.1, 0.15) is 0 Å². The van der Waals surface area contributed by atoms with E-state index in [0.29, 0.717) is 0 Å². The number of anilines is 2. The SMILES string of the molecule is CN(C)c1ccc(/C=N\Nc2nc3c(c(=O)n(C)c(=O)n3C)n2CCO)cc1. The van der Waals surface area contributed by atoms with Crippen LogP contribution in [-0.2, 0) is 20.6 Å². The molecule has 0 saturated carbocycles. The lowest BCUT2D eigenvalue weighted by Gasteiger charge is -2.11. The predicted molar refractivity (Wildman–Crippen MR) is 109 cm³/mol. The van der Waals surface area contributed by atoms with Gasteiger partial charge in [0.25, 0.3) is 5.56 Å². The van der Waals surface area contributed by atoms with E-state index in [0.717, 1.165) is 15.8 Å². The molecular weight excluding hydrogens is 362 g/mol. The average molecular weight is 385 g/mol. The molecule has 10 heteroatoms. The molecule has 0 radical (unpaired) electrons. The molecule has 0 aliphatic rings. The molecule has 2 N–H and O–H groups in total. The van der Waals surface area contributed by atoms with Crippen LogP contribution in [0.2, 0.25) is 0 Å². The summed E-state index contributed by atoms with van der Waals surface area (Å²) in [5, 5.41) is 13.6. The molecule has 0 unspecified atom stereocenters. The van der Waals surface area contributed by atoms with Gasteiger partial charge >= 0.3 is 5.69 Å². The Morgan fingerprint density at radius 3 is 2.46 bits per heavy atom. The number of fused-ring (bicyclic) bond motifs is 1. The number of rotatable bonds is 6. The molecule has 0 saturated heterocycles. The van der Waals surface area contributed by atoms with Crippen LogP contribution in [0, 0.1) is 0 Å². The third kappa shape index (κ3) is 3.41. The minimum atomic E-state index is -0.477. The summed E-state index contributed by atoms with van der Waals surface area (Å²) in [6.07, 6.45) is 1.62. The average Bonchev–Trinajstić information content (AvgIpc) is 3.04. The van der Waals surface area contributed by atoms with E-state index >= 15 is 0 Å². The number of aromatic nitrogens is 4. The molecule has 0 atom stereocenters. The highest BCUT2D eigenvalue weighted by atomic mass is 16.3. The number of nitrogens with zero attached hydrogens (tertiary/aromatic N) is 6. The van der Waals surface area contributed by atoms with Gasteiger partial charge in [-0.3, -0.25) is 13.9 Å². The van der Waals surface area contributed by atoms with E-state index in [1.54, 1.807) is 13.3 Å². The molecule has 28 heavy (non-hydrogen) atoms. The second-order valence-corrected chi connectivity index (χ2v) is 6.54. The minimum absolute atomic E-state index is 0.138. The van der Waals surface area contributed by atoms with Gasteiger partial charge in [-0.05, 0) is 17.7 Å². The summed E-state index contributed by atoms with van der Waals surface area (Å²) in [7, 11) is 6.88. The lowest BCUT2D eigenvalue weighted by molar-refractivity contribution is 0.278. The number of hydrazone groups is 1. The van der Waals surface area contributed by atoms with E-state index in [-0.39, 0.29) is 30.3 Å². The summed E-state index contributed by atoms with van der Waals surface area (Å²) >= 11 is 0. The van der Waals surface area contributed by atoms with Crippen LogP contribution in [-0.4, -0.2) is 50.7 Å². The van der Waals surface area contributed by atoms with E-state index in [9.17, 15) is 14.7 Å². The summed E-state index contributed by atoms with van der Waals surface area (Å²) < 4.78 is 3.82. The van der Waals surface area contributed by atoms with Crippen LogP contribution in [0.15, 0.2) is 39.0 Å². The predicted octanol–water partition coefficient (Wildman–Crippen LogP) is -0.0620. The lowest BCUT2D eigenvalue weighted by atomic mass is 10.2. The fraction of sp³-hybridized carbons (Fsp3) is 0.333. The molecule has 0 bridgehead atoms. The topological polar surface area (TPSA) is 110 Å². The van der Waals surface area contributed by atoms with Gasteiger partial charge in [-0.1, -0.05) is 12.1 Å². The maximum absolute atomic E-state index is 12.5. The Hall–Kier alpha value is -3.40. The van der Waals surface area contributed by atoms with Gasteiger partial charge in [-0.25, -0.2) is 10.2 Å². The first-order chi connectivity index (χ1) is 13.3. The third-order valence-electron chi connectivity index (χ3n) is 4.46. The molecule has 3 rings (SSSR count). The van der Waals surface area contributed by atoms with Gasteiger partial charge < -0.3 is 14.6 Å². The number of aliphatic hydroxyl groups is 1. The molecule has 0 spiro atoms. The second-order valence-electron chi connectivity index (χ2n) is 6.54. The number of hydrogen-bond acceptors (Lipinski definition) is 7. The van der Waals surface area contributed by atoms with Crippen LogP contribution < -0.4 is 21.6 Å². The Morgan fingerprint density at radius 1 is 1.18 bits per heavy atom. The maximum atomic E-state index is 12.5. The van der Waals surface area contributed by atoms with Crippen molar-refractivity contribution in [1.29, 1.82) is 0 Å². The molecule has 3 aromatic rings. The first-order valence-corrected chi connectivity index (χ1v) is 8.68. The number of aliphatic hydroxyl groups excluding tert-OH is 1. The first kappa shape index (κ1) is 19.4. The zero-order valence-electron chi connectivity index (χ0n) is 16.2. The lowest BCUT2D eigenvalue weighted by Crippen LogP contribution is -2.37. The van der Waals surface area contributed by atoms with Crippen molar-refractivity contribution in [3.05, 3.63) is 50.7 Å². The molecule has 2 aromatic heterocycles. The summed E-state index contributed by atoms with van der Waals surface area (Å²) in [6.45, 7) is -0.0544. The van der Waals surface area contributed by atoms with Crippen molar-refractivity contribution in [2.75, 3.05) is 31.0 Å². The standard InChI is InChI=1S/C18H23N7O3/c1-22(2)13-7-5-12(6-8-13)11-19-21-17-20-15-14(25(17)9-10-26)16(27)24(4)18(28)23(15)3/h5-8,11,26H,9-10H2,1-4H3,(H,20,21)/b19-11-. The molecule has 148 valence electrons. The monoisotopic (exact) mass is 385 g/mol. The zero-order valence-corrected chi connectivity index (χ0v) is 16.2. The highest BCUT2D eigenvalue weighted by Crippen LogP contribution is 2.15. The van der Waals surface area contributed by atoms with Crippen LogP contribution >= 0.6 is 0 Å². The summed E-state index contributed by atoms with van der Waals surface area (Å²) in [5.41, 5.74) is 4.27. The molecular formula is C18H23N7O3. The van der Waals surface area contributed by atoms with Crippen molar-refractivity contribution >= 4 is 29.0 Å². The Balaban J connectivity index is 1.97. The van der Waals surface area contributed by atoms with Crippen LogP contribution in [0.5, 0.6) is 0 Å². The highest BCUT2D eigenvalue weighted by molar-refractivity contribution is 5.81. The van der Waals surface area contributed by atoms with Gasteiger partial charge in [-0.15, -0.1) is 0 Å². The summed E-state index contributed by atoms with van der Waals surface area (Å²) in [4.78, 5) is 31.0. The number of benzene rings is 1. The number of hydrogen-bond donors (Lipinski definition) is 2. The Morgan fingerprint density at radius 2 is 1.86 bits per heavy atom. The quantitative estimate of drug-likeness (QED) is 0.454. The van der Waals surface area contributed by atoms with Gasteiger partial charge in [-0.2, -0.15) is 10.1 Å². The zero-order chi connectivity index (χ0) is 20.4. The molecule has 10 nitrogen and oxygen atoms in total. The van der Waals surface area contributed by atoms with Crippen molar-refractivity contribution in [2.24, 2.45) is 19.2 Å². The Labute approximate surface area is 161 Å². The second kappa shape index (κ2) is 7.69. The first-order valence-electron chi connectivity index (χ1n) is 8.68. The number of aryl methyl sites for hydroxylation is 1. The highest BCUT2D eigenvalue weighted by Gasteiger charge is 2.18. The maximum Gasteiger partial charge on any atom is 0.332 e. The summed E-state index contributed by atoms with van der Waals surface area (Å²) in [5.74, 6) is 0.267.